The summed E-state index contributed by atoms with van der Waals surface area (Å²) in [6.45, 7) is 5.50. The first kappa shape index (κ1) is 17.5. The Bertz CT molecular complexity index is 576. The zero-order chi connectivity index (χ0) is 16.8. The molecule has 0 saturated carbocycles. The second-order valence-corrected chi connectivity index (χ2v) is 5.47. The number of carbonyl (C=O) groups is 1. The van der Waals surface area contributed by atoms with Gasteiger partial charge in [0.25, 0.3) is 5.69 Å². The number of benzene rings is 1. The number of hydrogen-bond donors (Lipinski definition) is 1. The molecule has 1 aromatic rings. The van der Waals surface area contributed by atoms with E-state index in [0.29, 0.717) is 11.3 Å². The van der Waals surface area contributed by atoms with Crippen LogP contribution in [0.25, 0.3) is 6.08 Å². The van der Waals surface area contributed by atoms with Crippen LogP contribution in [0.3, 0.4) is 0 Å². The zero-order valence-electron chi connectivity index (χ0n) is 13.1. The molecule has 0 bridgehead atoms. The maximum Gasteiger partial charge on any atom is 0.407 e. The van der Waals surface area contributed by atoms with Crippen LogP contribution in [-0.2, 0) is 4.74 Å². The number of amides is 1. The molecule has 1 aromatic carbocycles. The Morgan fingerprint density at radius 1 is 1.41 bits per heavy atom. The molecule has 0 aliphatic heterocycles. The van der Waals surface area contributed by atoms with E-state index in [1.54, 1.807) is 39.0 Å². The van der Waals surface area contributed by atoms with Crippen LogP contribution < -0.4 is 10.1 Å². The highest BCUT2D eigenvalue weighted by molar-refractivity contribution is 5.68. The van der Waals surface area contributed by atoms with Gasteiger partial charge in [0, 0.05) is 12.6 Å². The quantitative estimate of drug-likeness (QED) is 0.666. The van der Waals surface area contributed by atoms with Gasteiger partial charge in [-0.1, -0.05) is 12.2 Å². The summed E-state index contributed by atoms with van der Waals surface area (Å²) in [4.78, 5) is 21.9. The number of alkyl carbamates (subject to hydrolysis) is 1. The number of nitro benzene ring substituents is 1. The highest BCUT2D eigenvalue weighted by atomic mass is 16.6. The maximum absolute atomic E-state index is 11.5. The van der Waals surface area contributed by atoms with Crippen LogP contribution in [0.2, 0.25) is 0 Å². The average molecular weight is 308 g/mol. The molecule has 1 N–H and O–H groups in total. The molecule has 0 radical (unpaired) electrons. The fraction of sp³-hybridized carbons (Fsp3) is 0.400. The lowest BCUT2D eigenvalue weighted by Gasteiger charge is -2.19. The molecule has 0 unspecified atom stereocenters. The largest absolute Gasteiger partial charge is 0.497 e. The first-order valence-corrected chi connectivity index (χ1v) is 6.69. The predicted octanol–water partition coefficient (Wildman–Crippen LogP) is 3.14. The van der Waals surface area contributed by atoms with Gasteiger partial charge in [0.2, 0.25) is 0 Å². The standard InChI is InChI=1S/C15H20N2O5/c1-15(2,3)22-14(18)16-9-5-6-11-10-12(21-4)7-8-13(11)17(19)20/h5-8,10H,9H2,1-4H3,(H,16,18). The Kier molecular flexibility index (Phi) is 5.91. The fourth-order valence-electron chi connectivity index (χ4n) is 1.60. The van der Waals surface area contributed by atoms with Crippen molar-refractivity contribution < 1.29 is 19.2 Å². The van der Waals surface area contributed by atoms with Crippen LogP contribution in [0, 0.1) is 10.1 Å². The van der Waals surface area contributed by atoms with E-state index < -0.39 is 16.6 Å². The summed E-state index contributed by atoms with van der Waals surface area (Å²) in [6.07, 6.45) is 2.61. The van der Waals surface area contributed by atoms with Gasteiger partial charge in [-0.15, -0.1) is 0 Å². The van der Waals surface area contributed by atoms with Gasteiger partial charge < -0.3 is 14.8 Å². The Hall–Kier alpha value is -2.57. The topological polar surface area (TPSA) is 90.7 Å². The van der Waals surface area contributed by atoms with Crippen molar-refractivity contribution in [2.24, 2.45) is 0 Å². The van der Waals surface area contributed by atoms with E-state index in [1.807, 2.05) is 0 Å². The monoisotopic (exact) mass is 308 g/mol. The number of ether oxygens (including phenoxy) is 2. The van der Waals surface area contributed by atoms with Crippen molar-refractivity contribution in [3.8, 4) is 5.75 Å². The highest BCUT2D eigenvalue weighted by Gasteiger charge is 2.15. The van der Waals surface area contributed by atoms with Crippen LogP contribution in [0.15, 0.2) is 24.3 Å². The predicted molar refractivity (Wildman–Crippen MR) is 82.9 cm³/mol. The summed E-state index contributed by atoms with van der Waals surface area (Å²) >= 11 is 0. The molecule has 22 heavy (non-hydrogen) atoms. The minimum Gasteiger partial charge on any atom is -0.497 e. The molecule has 0 saturated heterocycles. The minimum atomic E-state index is -0.570. The van der Waals surface area contributed by atoms with E-state index in [0.717, 1.165) is 0 Å². The Morgan fingerprint density at radius 3 is 2.64 bits per heavy atom. The maximum atomic E-state index is 11.5. The first-order valence-electron chi connectivity index (χ1n) is 6.69. The molecule has 1 amide bonds. The third-order valence-corrected chi connectivity index (χ3v) is 2.49. The summed E-state index contributed by atoms with van der Waals surface area (Å²) in [5.74, 6) is 0.519. The van der Waals surface area contributed by atoms with Gasteiger partial charge in [-0.05, 0) is 32.9 Å². The molecular formula is C15H20N2O5. The second-order valence-electron chi connectivity index (χ2n) is 5.47. The fourth-order valence-corrected chi connectivity index (χ4v) is 1.60. The molecule has 0 fully saturated rings. The number of nitrogens with zero attached hydrogens (tertiary/aromatic N) is 1. The van der Waals surface area contributed by atoms with Crippen LogP contribution in [0.4, 0.5) is 10.5 Å². The Labute approximate surface area is 129 Å². The van der Waals surface area contributed by atoms with Crippen LogP contribution in [0.5, 0.6) is 5.75 Å². The summed E-state index contributed by atoms with van der Waals surface area (Å²) in [5, 5.41) is 13.5. The van der Waals surface area contributed by atoms with E-state index in [9.17, 15) is 14.9 Å². The van der Waals surface area contributed by atoms with Gasteiger partial charge in [-0.3, -0.25) is 10.1 Å². The molecule has 7 heteroatoms. The van der Waals surface area contributed by atoms with E-state index in [2.05, 4.69) is 5.32 Å². The van der Waals surface area contributed by atoms with Crippen LogP contribution in [-0.4, -0.2) is 30.3 Å². The third kappa shape index (κ3) is 5.82. The molecule has 7 nitrogen and oxygen atoms in total. The van der Waals surface area contributed by atoms with Gasteiger partial charge in [-0.2, -0.15) is 0 Å². The number of hydrogen-bond acceptors (Lipinski definition) is 5. The SMILES string of the molecule is COc1ccc([N+](=O)[O-])c(C=CCNC(=O)OC(C)(C)C)c1. The summed E-state index contributed by atoms with van der Waals surface area (Å²) < 4.78 is 10.1. The van der Waals surface area contributed by atoms with E-state index >= 15 is 0 Å². The van der Waals surface area contributed by atoms with Gasteiger partial charge in [0.15, 0.2) is 0 Å². The average Bonchev–Trinajstić information content (AvgIpc) is 2.41. The van der Waals surface area contributed by atoms with Crippen molar-refractivity contribution in [3.05, 3.63) is 40.0 Å². The minimum absolute atomic E-state index is 0.0330. The van der Waals surface area contributed by atoms with E-state index in [4.69, 9.17) is 9.47 Å². The number of nitrogens with one attached hydrogen (secondary N) is 1. The lowest BCUT2D eigenvalue weighted by Crippen LogP contribution is -2.32. The van der Waals surface area contributed by atoms with Crippen molar-refractivity contribution in [1.29, 1.82) is 0 Å². The van der Waals surface area contributed by atoms with Crippen molar-refractivity contribution in [2.75, 3.05) is 13.7 Å². The molecule has 1 rings (SSSR count). The molecule has 0 aliphatic carbocycles. The highest BCUT2D eigenvalue weighted by Crippen LogP contribution is 2.24. The Morgan fingerprint density at radius 2 is 2.09 bits per heavy atom. The van der Waals surface area contributed by atoms with Crippen molar-refractivity contribution in [1.82, 2.24) is 5.32 Å². The lowest BCUT2D eigenvalue weighted by molar-refractivity contribution is -0.385. The van der Waals surface area contributed by atoms with Gasteiger partial charge >= 0.3 is 6.09 Å². The second kappa shape index (κ2) is 7.44. The molecule has 0 spiro atoms. The van der Waals surface area contributed by atoms with Gasteiger partial charge in [0.05, 0.1) is 17.6 Å². The molecule has 0 aliphatic rings. The van der Waals surface area contributed by atoms with Crippen molar-refractivity contribution in [3.63, 3.8) is 0 Å². The summed E-state index contributed by atoms with van der Waals surface area (Å²) in [7, 11) is 1.48. The molecule has 0 aromatic heterocycles. The number of carbonyl (C=O) groups excluding carboxylic acids is 1. The van der Waals surface area contributed by atoms with E-state index in [1.165, 1.54) is 19.2 Å². The third-order valence-electron chi connectivity index (χ3n) is 2.49. The number of nitro groups is 1. The Balaban J connectivity index is 2.70. The summed E-state index contributed by atoms with van der Waals surface area (Å²) in [5.41, 5.74) is -0.205. The lowest BCUT2D eigenvalue weighted by atomic mass is 10.1. The first-order chi connectivity index (χ1) is 10.2. The van der Waals surface area contributed by atoms with Crippen LogP contribution in [0.1, 0.15) is 26.3 Å². The molecular weight excluding hydrogens is 288 g/mol. The molecule has 120 valence electrons. The van der Waals surface area contributed by atoms with Crippen molar-refractivity contribution >= 4 is 17.9 Å². The van der Waals surface area contributed by atoms with Gasteiger partial charge in [-0.25, -0.2) is 4.79 Å². The zero-order valence-corrected chi connectivity index (χ0v) is 13.1. The smallest absolute Gasteiger partial charge is 0.407 e. The van der Waals surface area contributed by atoms with Crippen molar-refractivity contribution in [2.45, 2.75) is 26.4 Å². The number of rotatable bonds is 5. The van der Waals surface area contributed by atoms with Crippen LogP contribution >= 0.6 is 0 Å². The molecule has 0 atom stereocenters. The van der Waals surface area contributed by atoms with Gasteiger partial charge in [0.1, 0.15) is 11.4 Å². The molecule has 0 heterocycles. The van der Waals surface area contributed by atoms with E-state index in [-0.39, 0.29) is 12.2 Å². The summed E-state index contributed by atoms with van der Waals surface area (Å²) in [6, 6.07) is 4.45. The normalized spacial score (nSPS) is 11.3. The number of methoxy groups -OCH3 is 1.